The maximum atomic E-state index is 9.00. The van der Waals surface area contributed by atoms with Crippen LogP contribution in [0.5, 0.6) is 0 Å². The first kappa shape index (κ1) is 14.0. The van der Waals surface area contributed by atoms with E-state index in [0.29, 0.717) is 10.6 Å². The molecule has 1 fully saturated rings. The van der Waals surface area contributed by atoms with E-state index in [0.717, 1.165) is 24.0 Å². The van der Waals surface area contributed by atoms with Crippen LogP contribution in [-0.2, 0) is 6.42 Å². The van der Waals surface area contributed by atoms with Gasteiger partial charge in [0.05, 0.1) is 10.7 Å². The summed E-state index contributed by atoms with van der Waals surface area (Å²) < 4.78 is 0. The Hall–Kier alpha value is -1.99. The lowest BCUT2D eigenvalue weighted by molar-refractivity contribution is 0.405. The molecule has 0 unspecified atom stereocenters. The number of hydrogen-bond acceptors (Lipinski definition) is 4. The van der Waals surface area contributed by atoms with Crippen molar-refractivity contribution in [1.29, 1.82) is 5.26 Å². The molecule has 0 atom stereocenters. The van der Waals surface area contributed by atoms with Crippen molar-refractivity contribution in [2.75, 3.05) is 23.7 Å². The minimum Gasteiger partial charge on any atom is -0.397 e. The first-order valence-corrected chi connectivity index (χ1v) is 8.16. The van der Waals surface area contributed by atoms with Crippen LogP contribution in [0, 0.1) is 17.2 Å². The van der Waals surface area contributed by atoms with Gasteiger partial charge in [-0.05, 0) is 36.8 Å². The Balaban J connectivity index is 1.59. The first-order valence-electron chi connectivity index (χ1n) is 7.34. The van der Waals surface area contributed by atoms with Crippen LogP contribution >= 0.6 is 11.3 Å². The van der Waals surface area contributed by atoms with Gasteiger partial charge in [0.25, 0.3) is 0 Å². The smallest absolute Gasteiger partial charge is 0.129 e. The van der Waals surface area contributed by atoms with Crippen molar-refractivity contribution in [2.24, 2.45) is 5.92 Å². The highest BCUT2D eigenvalue weighted by atomic mass is 32.1. The Labute approximate surface area is 129 Å². The van der Waals surface area contributed by atoms with Gasteiger partial charge >= 0.3 is 0 Å². The summed E-state index contributed by atoms with van der Waals surface area (Å²) in [5.74, 6) is 0.761. The fourth-order valence-corrected chi connectivity index (χ4v) is 3.87. The molecule has 21 heavy (non-hydrogen) atoms. The molecule has 4 heteroatoms. The van der Waals surface area contributed by atoms with Crippen molar-refractivity contribution < 1.29 is 0 Å². The van der Waals surface area contributed by atoms with E-state index >= 15 is 0 Å². The minimum atomic E-state index is 0.615. The number of nitrogens with two attached hydrogens (primary N) is 1. The average molecular weight is 297 g/mol. The Morgan fingerprint density at radius 3 is 2.57 bits per heavy atom. The third-order valence-electron chi connectivity index (χ3n) is 4.14. The van der Waals surface area contributed by atoms with Gasteiger partial charge in [-0.15, -0.1) is 11.3 Å². The molecule has 0 aliphatic carbocycles. The zero-order valence-electron chi connectivity index (χ0n) is 12.0. The minimum absolute atomic E-state index is 0.615. The Bertz CT molecular complexity index is 634. The molecule has 3 rings (SSSR count). The van der Waals surface area contributed by atoms with Crippen molar-refractivity contribution in [3.05, 3.63) is 46.8 Å². The summed E-state index contributed by atoms with van der Waals surface area (Å²) in [6.45, 7) is 2.12. The molecule has 0 saturated carbocycles. The van der Waals surface area contributed by atoms with E-state index in [9.17, 15) is 0 Å². The average Bonchev–Trinajstić information content (AvgIpc) is 2.90. The molecule has 1 saturated heterocycles. The van der Waals surface area contributed by atoms with Crippen molar-refractivity contribution in [1.82, 2.24) is 0 Å². The van der Waals surface area contributed by atoms with Gasteiger partial charge in [-0.3, -0.25) is 0 Å². The summed E-state index contributed by atoms with van der Waals surface area (Å²) in [6.07, 6.45) is 3.58. The van der Waals surface area contributed by atoms with Crippen LogP contribution in [0.25, 0.3) is 0 Å². The first-order chi connectivity index (χ1) is 10.3. The number of piperidine rings is 1. The number of hydrogen-bond donors (Lipinski definition) is 1. The van der Waals surface area contributed by atoms with Gasteiger partial charge < -0.3 is 10.6 Å². The summed E-state index contributed by atoms with van der Waals surface area (Å²) >= 11 is 1.51. The van der Waals surface area contributed by atoms with Crippen molar-refractivity contribution in [3.8, 4) is 6.07 Å². The molecule has 2 heterocycles. The monoisotopic (exact) mass is 297 g/mol. The molecule has 0 radical (unpaired) electrons. The number of thiophene rings is 1. The molecule has 1 aromatic heterocycles. The molecule has 108 valence electrons. The lowest BCUT2D eigenvalue weighted by atomic mass is 9.90. The second-order valence-electron chi connectivity index (χ2n) is 5.60. The number of nitriles is 1. The predicted molar refractivity (Wildman–Crippen MR) is 88.5 cm³/mol. The summed E-state index contributed by atoms with van der Waals surface area (Å²) in [6, 6.07) is 14.8. The van der Waals surface area contributed by atoms with Crippen LogP contribution in [0.2, 0.25) is 0 Å². The van der Waals surface area contributed by atoms with Gasteiger partial charge in [-0.25, -0.2) is 0 Å². The van der Waals surface area contributed by atoms with Gasteiger partial charge in [0.15, 0.2) is 0 Å². The molecule has 0 amide bonds. The molecule has 3 nitrogen and oxygen atoms in total. The van der Waals surface area contributed by atoms with Gasteiger partial charge in [0.1, 0.15) is 10.9 Å². The maximum absolute atomic E-state index is 9.00. The molecule has 2 N–H and O–H groups in total. The van der Waals surface area contributed by atoms with Gasteiger partial charge in [-0.1, -0.05) is 30.3 Å². The largest absolute Gasteiger partial charge is 0.397 e. The van der Waals surface area contributed by atoms with E-state index < -0.39 is 0 Å². The SMILES string of the molecule is N#Cc1sc(N2CCC(Cc3ccccc3)CC2)cc1N. The fraction of sp³-hybridized carbons (Fsp3) is 0.353. The lowest BCUT2D eigenvalue weighted by Gasteiger charge is -2.32. The van der Waals surface area contributed by atoms with E-state index in [-0.39, 0.29) is 0 Å². The van der Waals surface area contributed by atoms with E-state index in [1.807, 2.05) is 6.07 Å². The van der Waals surface area contributed by atoms with Crippen LogP contribution < -0.4 is 10.6 Å². The standard InChI is InChI=1S/C17H19N3S/c18-12-16-15(19)11-17(21-16)20-8-6-14(7-9-20)10-13-4-2-1-3-5-13/h1-5,11,14H,6-10,19H2. The Kier molecular flexibility index (Phi) is 4.12. The molecule has 1 aliphatic rings. The lowest BCUT2D eigenvalue weighted by Crippen LogP contribution is -2.33. The van der Waals surface area contributed by atoms with E-state index in [2.05, 4.69) is 41.3 Å². The highest BCUT2D eigenvalue weighted by Gasteiger charge is 2.21. The van der Waals surface area contributed by atoms with Crippen molar-refractivity contribution in [2.45, 2.75) is 19.3 Å². The van der Waals surface area contributed by atoms with E-state index in [1.165, 1.54) is 36.2 Å². The number of nitrogens with zero attached hydrogens (tertiary/aromatic N) is 2. The van der Waals surface area contributed by atoms with Crippen LogP contribution in [0.3, 0.4) is 0 Å². The normalized spacial score (nSPS) is 15.9. The van der Waals surface area contributed by atoms with Crippen molar-refractivity contribution >= 4 is 22.0 Å². The van der Waals surface area contributed by atoms with Gasteiger partial charge in [-0.2, -0.15) is 5.26 Å². The molecular weight excluding hydrogens is 278 g/mol. The molecule has 0 spiro atoms. The molecule has 1 aromatic carbocycles. The molecule has 1 aliphatic heterocycles. The zero-order valence-corrected chi connectivity index (χ0v) is 12.8. The van der Waals surface area contributed by atoms with Gasteiger partial charge in [0, 0.05) is 13.1 Å². The highest BCUT2D eigenvalue weighted by Crippen LogP contribution is 2.34. The molecule has 2 aromatic rings. The van der Waals surface area contributed by atoms with Gasteiger partial charge in [0.2, 0.25) is 0 Å². The van der Waals surface area contributed by atoms with E-state index in [4.69, 9.17) is 11.0 Å². The van der Waals surface area contributed by atoms with Crippen molar-refractivity contribution in [3.63, 3.8) is 0 Å². The van der Waals surface area contributed by atoms with E-state index in [1.54, 1.807) is 0 Å². The summed E-state index contributed by atoms with van der Waals surface area (Å²) in [5.41, 5.74) is 7.90. The second kappa shape index (κ2) is 6.19. The quantitative estimate of drug-likeness (QED) is 0.940. The third kappa shape index (κ3) is 3.20. The highest BCUT2D eigenvalue weighted by molar-refractivity contribution is 7.17. The number of rotatable bonds is 3. The second-order valence-corrected chi connectivity index (χ2v) is 6.63. The Morgan fingerprint density at radius 2 is 1.95 bits per heavy atom. The zero-order chi connectivity index (χ0) is 14.7. The number of anilines is 2. The maximum Gasteiger partial charge on any atom is 0.129 e. The summed E-state index contributed by atoms with van der Waals surface area (Å²) in [7, 11) is 0. The predicted octanol–water partition coefficient (Wildman–Crippen LogP) is 3.66. The number of benzene rings is 1. The molecule has 0 bridgehead atoms. The third-order valence-corrected chi connectivity index (χ3v) is 5.26. The molecular formula is C17H19N3S. The fourth-order valence-electron chi connectivity index (χ4n) is 2.94. The Morgan fingerprint density at radius 1 is 1.24 bits per heavy atom. The topological polar surface area (TPSA) is 53.0 Å². The van der Waals surface area contributed by atoms with Crippen LogP contribution in [0.4, 0.5) is 10.7 Å². The number of nitrogen functional groups attached to an aromatic ring is 1. The summed E-state index contributed by atoms with van der Waals surface area (Å²) in [4.78, 5) is 3.00. The van der Waals surface area contributed by atoms with Crippen LogP contribution in [0.1, 0.15) is 23.3 Å². The van der Waals surface area contributed by atoms with Crippen LogP contribution in [-0.4, -0.2) is 13.1 Å². The summed E-state index contributed by atoms with van der Waals surface area (Å²) in [5, 5.41) is 10.1. The van der Waals surface area contributed by atoms with Crippen LogP contribution in [0.15, 0.2) is 36.4 Å².